The molecule has 0 heterocycles. The zero-order valence-corrected chi connectivity index (χ0v) is 19.6. The molecule has 172 valence electrons. The van der Waals surface area contributed by atoms with E-state index < -0.39 is 0 Å². The molecular formula is C30H29NO3. The maximum Gasteiger partial charge on any atom is 0.254 e. The molecule has 0 aliphatic heterocycles. The second-order valence-corrected chi connectivity index (χ2v) is 8.13. The van der Waals surface area contributed by atoms with Crippen molar-refractivity contribution in [3.63, 3.8) is 0 Å². The van der Waals surface area contributed by atoms with Crippen molar-refractivity contribution < 1.29 is 14.3 Å². The lowest BCUT2D eigenvalue weighted by atomic mass is 10.1. The highest BCUT2D eigenvalue weighted by atomic mass is 16.5. The number of carbonyl (C=O) groups excluding carboxylic acids is 1. The van der Waals surface area contributed by atoms with Gasteiger partial charge in [0.15, 0.2) is 0 Å². The fraction of sp³-hybridized carbons (Fsp3) is 0.167. The average molecular weight is 452 g/mol. The molecule has 0 bridgehead atoms. The second-order valence-electron chi connectivity index (χ2n) is 8.13. The Morgan fingerprint density at radius 3 is 2.26 bits per heavy atom. The van der Waals surface area contributed by atoms with Crippen LogP contribution in [0.25, 0.3) is 0 Å². The minimum atomic E-state index is -0.0308. The van der Waals surface area contributed by atoms with Gasteiger partial charge in [0.05, 0.1) is 6.61 Å². The van der Waals surface area contributed by atoms with Crippen molar-refractivity contribution in [1.82, 2.24) is 4.90 Å². The van der Waals surface area contributed by atoms with Gasteiger partial charge in [-0.05, 0) is 61.9 Å². The lowest BCUT2D eigenvalue weighted by molar-refractivity contribution is 0.0728. The summed E-state index contributed by atoms with van der Waals surface area (Å²) in [5, 5.41) is 0. The molecule has 0 aromatic heterocycles. The maximum absolute atomic E-state index is 13.5. The van der Waals surface area contributed by atoms with Gasteiger partial charge in [0.25, 0.3) is 5.91 Å². The molecule has 1 amide bonds. The van der Waals surface area contributed by atoms with E-state index in [0.29, 0.717) is 25.3 Å². The zero-order valence-electron chi connectivity index (χ0n) is 19.6. The van der Waals surface area contributed by atoms with Crippen LogP contribution in [-0.4, -0.2) is 17.4 Å². The molecule has 0 spiro atoms. The first kappa shape index (κ1) is 23.1. The van der Waals surface area contributed by atoms with Crippen molar-refractivity contribution in [2.45, 2.75) is 26.9 Å². The predicted molar refractivity (Wildman–Crippen MR) is 135 cm³/mol. The number of amides is 1. The Morgan fingerprint density at radius 1 is 0.765 bits per heavy atom. The van der Waals surface area contributed by atoms with Gasteiger partial charge < -0.3 is 14.4 Å². The van der Waals surface area contributed by atoms with Crippen molar-refractivity contribution in [2.75, 3.05) is 6.61 Å². The van der Waals surface area contributed by atoms with Crippen LogP contribution in [0.1, 0.15) is 34.0 Å². The van der Waals surface area contributed by atoms with E-state index in [4.69, 9.17) is 9.47 Å². The molecule has 4 aromatic carbocycles. The van der Waals surface area contributed by atoms with E-state index >= 15 is 0 Å². The third-order valence-electron chi connectivity index (χ3n) is 5.47. The van der Waals surface area contributed by atoms with Gasteiger partial charge in [-0.2, -0.15) is 0 Å². The Hall–Kier alpha value is -4.05. The summed E-state index contributed by atoms with van der Waals surface area (Å²) in [6.07, 6.45) is 0. The van der Waals surface area contributed by atoms with E-state index in [1.54, 1.807) is 0 Å². The number of nitrogens with zero attached hydrogens (tertiary/aromatic N) is 1. The van der Waals surface area contributed by atoms with Crippen LogP contribution in [-0.2, 0) is 13.1 Å². The SMILES string of the molecule is CCOc1ccccc1CN(Cc1cccc(Oc2ccc(C)cc2)c1)C(=O)c1ccccc1. The quantitative estimate of drug-likeness (QED) is 0.274. The number of hydrogen-bond acceptors (Lipinski definition) is 3. The van der Waals surface area contributed by atoms with Crippen molar-refractivity contribution in [2.24, 2.45) is 0 Å². The highest BCUT2D eigenvalue weighted by Gasteiger charge is 2.18. The number of benzene rings is 4. The van der Waals surface area contributed by atoms with Gasteiger partial charge in [-0.25, -0.2) is 0 Å². The fourth-order valence-corrected chi connectivity index (χ4v) is 3.77. The van der Waals surface area contributed by atoms with Crippen LogP contribution in [0.5, 0.6) is 17.2 Å². The standard InChI is InChI=1S/C30H29NO3/c1-3-33-29-15-8-7-13-26(29)22-31(30(32)25-11-5-4-6-12-25)21-24-10-9-14-28(20-24)34-27-18-16-23(2)17-19-27/h4-20H,3,21-22H2,1-2H3. The van der Waals surface area contributed by atoms with E-state index in [9.17, 15) is 4.79 Å². The number of ether oxygens (including phenoxy) is 2. The van der Waals surface area contributed by atoms with Crippen LogP contribution >= 0.6 is 0 Å². The lowest BCUT2D eigenvalue weighted by Crippen LogP contribution is -2.30. The number of aryl methyl sites for hydroxylation is 1. The molecule has 4 aromatic rings. The summed E-state index contributed by atoms with van der Waals surface area (Å²) in [6, 6.07) is 33.1. The molecule has 0 radical (unpaired) electrons. The minimum Gasteiger partial charge on any atom is -0.494 e. The summed E-state index contributed by atoms with van der Waals surface area (Å²) in [5.74, 6) is 2.29. The number of carbonyl (C=O) groups is 1. The highest BCUT2D eigenvalue weighted by Crippen LogP contribution is 2.25. The molecule has 34 heavy (non-hydrogen) atoms. The summed E-state index contributed by atoms with van der Waals surface area (Å²) in [6.45, 7) is 5.46. The number of rotatable bonds is 9. The molecule has 0 aliphatic rings. The Bertz CT molecular complexity index is 1220. The first-order chi connectivity index (χ1) is 16.6. The van der Waals surface area contributed by atoms with E-state index in [0.717, 1.165) is 28.4 Å². The Labute approximate surface area is 201 Å². The molecule has 4 heteroatoms. The van der Waals surface area contributed by atoms with Crippen molar-refractivity contribution in [1.29, 1.82) is 0 Å². The molecule has 0 N–H and O–H groups in total. The van der Waals surface area contributed by atoms with Crippen LogP contribution in [0.4, 0.5) is 0 Å². The van der Waals surface area contributed by atoms with Crippen LogP contribution in [0, 0.1) is 6.92 Å². The van der Waals surface area contributed by atoms with Gasteiger partial charge >= 0.3 is 0 Å². The van der Waals surface area contributed by atoms with E-state index in [1.165, 1.54) is 5.56 Å². The molecular weight excluding hydrogens is 422 g/mol. The highest BCUT2D eigenvalue weighted by molar-refractivity contribution is 5.94. The summed E-state index contributed by atoms with van der Waals surface area (Å²) in [5.41, 5.74) is 3.80. The summed E-state index contributed by atoms with van der Waals surface area (Å²) >= 11 is 0. The van der Waals surface area contributed by atoms with Crippen LogP contribution in [0.2, 0.25) is 0 Å². The summed E-state index contributed by atoms with van der Waals surface area (Å²) < 4.78 is 11.9. The minimum absolute atomic E-state index is 0.0308. The van der Waals surface area contributed by atoms with Crippen LogP contribution in [0.15, 0.2) is 103 Å². The van der Waals surface area contributed by atoms with Crippen LogP contribution in [0.3, 0.4) is 0 Å². The number of para-hydroxylation sites is 1. The largest absolute Gasteiger partial charge is 0.494 e. The third-order valence-corrected chi connectivity index (χ3v) is 5.47. The Balaban J connectivity index is 1.59. The molecule has 0 saturated heterocycles. The maximum atomic E-state index is 13.5. The molecule has 4 nitrogen and oxygen atoms in total. The van der Waals surface area contributed by atoms with E-state index in [-0.39, 0.29) is 5.91 Å². The summed E-state index contributed by atoms with van der Waals surface area (Å²) in [4.78, 5) is 15.3. The van der Waals surface area contributed by atoms with E-state index in [2.05, 4.69) is 0 Å². The molecule has 0 aliphatic carbocycles. The van der Waals surface area contributed by atoms with Gasteiger partial charge in [-0.15, -0.1) is 0 Å². The Morgan fingerprint density at radius 2 is 1.50 bits per heavy atom. The van der Waals surface area contributed by atoms with Crippen molar-refractivity contribution in [3.8, 4) is 17.2 Å². The number of hydrogen-bond donors (Lipinski definition) is 0. The van der Waals surface area contributed by atoms with Crippen molar-refractivity contribution in [3.05, 3.63) is 125 Å². The normalized spacial score (nSPS) is 10.5. The second kappa shape index (κ2) is 11.2. The molecule has 0 atom stereocenters. The van der Waals surface area contributed by atoms with Gasteiger partial charge in [0.2, 0.25) is 0 Å². The monoisotopic (exact) mass is 451 g/mol. The fourth-order valence-electron chi connectivity index (χ4n) is 3.77. The average Bonchev–Trinajstić information content (AvgIpc) is 2.87. The molecule has 4 rings (SSSR count). The van der Waals surface area contributed by atoms with Crippen LogP contribution < -0.4 is 9.47 Å². The van der Waals surface area contributed by atoms with E-state index in [1.807, 2.05) is 122 Å². The van der Waals surface area contributed by atoms with Gasteiger partial charge in [0.1, 0.15) is 17.2 Å². The Kier molecular flexibility index (Phi) is 7.61. The molecule has 0 unspecified atom stereocenters. The van der Waals surface area contributed by atoms with Crippen molar-refractivity contribution >= 4 is 5.91 Å². The first-order valence-electron chi connectivity index (χ1n) is 11.5. The van der Waals surface area contributed by atoms with Gasteiger partial charge in [-0.3, -0.25) is 4.79 Å². The summed E-state index contributed by atoms with van der Waals surface area (Å²) in [7, 11) is 0. The smallest absolute Gasteiger partial charge is 0.254 e. The van der Waals surface area contributed by atoms with Gasteiger partial charge in [-0.1, -0.05) is 66.2 Å². The topological polar surface area (TPSA) is 38.8 Å². The lowest BCUT2D eigenvalue weighted by Gasteiger charge is -2.24. The van der Waals surface area contributed by atoms with Gasteiger partial charge in [0, 0.05) is 24.2 Å². The molecule has 0 fully saturated rings. The molecule has 0 saturated carbocycles. The zero-order chi connectivity index (χ0) is 23.8. The first-order valence-corrected chi connectivity index (χ1v) is 11.5. The predicted octanol–water partition coefficient (Wildman–Crippen LogP) is 7.03. The third kappa shape index (κ3) is 6.04.